The standard InChI is InChI=1S/C17H30N2O2/c1-16(10-6-9-13-19-15-21)17(2,3)11-7-4-5-8-12-18-14-20/h16H,4-13H2,1-3H3. The quantitative estimate of drug-likeness (QED) is 0.286. The number of hydrogen-bond acceptors (Lipinski definition) is 4. The monoisotopic (exact) mass is 294 g/mol. The number of carbonyl (C=O) groups excluding carboxylic acids is 2. The molecule has 21 heavy (non-hydrogen) atoms. The van der Waals surface area contributed by atoms with Gasteiger partial charge in [0.15, 0.2) is 0 Å². The van der Waals surface area contributed by atoms with Gasteiger partial charge in [-0.05, 0) is 30.6 Å². The molecule has 0 aliphatic heterocycles. The number of hydrogen-bond donors (Lipinski definition) is 0. The third-order valence-corrected chi connectivity index (χ3v) is 4.46. The van der Waals surface area contributed by atoms with Crippen molar-refractivity contribution in [3.8, 4) is 0 Å². The highest BCUT2D eigenvalue weighted by atomic mass is 16.1. The van der Waals surface area contributed by atoms with Crippen LogP contribution in [0.3, 0.4) is 0 Å². The summed E-state index contributed by atoms with van der Waals surface area (Å²) in [4.78, 5) is 27.1. The maximum Gasteiger partial charge on any atom is 0.234 e. The van der Waals surface area contributed by atoms with Gasteiger partial charge in [0.25, 0.3) is 0 Å². The molecule has 0 aliphatic rings. The molecule has 0 heterocycles. The van der Waals surface area contributed by atoms with Crippen LogP contribution in [-0.4, -0.2) is 25.2 Å². The summed E-state index contributed by atoms with van der Waals surface area (Å²) in [5, 5.41) is 0. The van der Waals surface area contributed by atoms with E-state index in [2.05, 4.69) is 30.8 Å². The fourth-order valence-corrected chi connectivity index (χ4v) is 2.49. The van der Waals surface area contributed by atoms with Crippen LogP contribution in [0.1, 0.15) is 72.1 Å². The number of nitrogens with zero attached hydrogens (tertiary/aromatic N) is 2. The lowest BCUT2D eigenvalue weighted by atomic mass is 9.74. The van der Waals surface area contributed by atoms with Gasteiger partial charge in [-0.3, -0.25) is 0 Å². The van der Waals surface area contributed by atoms with Gasteiger partial charge >= 0.3 is 0 Å². The van der Waals surface area contributed by atoms with Crippen molar-refractivity contribution in [1.82, 2.24) is 0 Å². The summed E-state index contributed by atoms with van der Waals surface area (Å²) >= 11 is 0. The molecule has 0 aromatic rings. The topological polar surface area (TPSA) is 58.9 Å². The van der Waals surface area contributed by atoms with Gasteiger partial charge in [0.2, 0.25) is 12.2 Å². The number of isocyanates is 2. The molecule has 0 aromatic heterocycles. The van der Waals surface area contributed by atoms with Crippen LogP contribution in [-0.2, 0) is 9.59 Å². The zero-order chi connectivity index (χ0) is 16.0. The van der Waals surface area contributed by atoms with E-state index in [9.17, 15) is 9.59 Å². The SMILES string of the molecule is CC(CCCCN=C=O)C(C)(C)CCCCCCN=C=O. The summed E-state index contributed by atoms with van der Waals surface area (Å²) in [7, 11) is 0. The number of aliphatic imine (C=N–C) groups is 2. The first-order valence-corrected chi connectivity index (χ1v) is 8.12. The molecule has 0 spiro atoms. The van der Waals surface area contributed by atoms with Crippen LogP contribution in [0.5, 0.6) is 0 Å². The third kappa shape index (κ3) is 11.1. The molecule has 120 valence electrons. The van der Waals surface area contributed by atoms with Gasteiger partial charge in [-0.2, -0.15) is 0 Å². The predicted molar refractivity (Wildman–Crippen MR) is 85.9 cm³/mol. The molecule has 0 saturated heterocycles. The molecule has 0 N–H and O–H groups in total. The highest BCUT2D eigenvalue weighted by Gasteiger charge is 2.24. The van der Waals surface area contributed by atoms with Crippen molar-refractivity contribution in [2.24, 2.45) is 21.3 Å². The van der Waals surface area contributed by atoms with Crippen LogP contribution < -0.4 is 0 Å². The fourth-order valence-electron chi connectivity index (χ4n) is 2.49. The molecular formula is C17H30N2O2. The van der Waals surface area contributed by atoms with E-state index in [-0.39, 0.29) is 0 Å². The minimum absolute atomic E-state index is 0.356. The maximum atomic E-state index is 9.97. The molecule has 0 aliphatic carbocycles. The lowest BCUT2D eigenvalue weighted by Gasteiger charge is -2.32. The van der Waals surface area contributed by atoms with Gasteiger partial charge in [-0.1, -0.05) is 52.9 Å². The largest absolute Gasteiger partial charge is 0.234 e. The van der Waals surface area contributed by atoms with Gasteiger partial charge in [0, 0.05) is 0 Å². The second kappa shape index (κ2) is 12.5. The Bertz CT molecular complexity index is 354. The average Bonchev–Trinajstić information content (AvgIpc) is 2.45. The van der Waals surface area contributed by atoms with Crippen molar-refractivity contribution in [2.45, 2.75) is 72.1 Å². The number of unbranched alkanes of at least 4 members (excludes halogenated alkanes) is 4. The van der Waals surface area contributed by atoms with Gasteiger partial charge in [-0.25, -0.2) is 19.6 Å². The van der Waals surface area contributed by atoms with Gasteiger partial charge in [0.1, 0.15) is 0 Å². The Morgan fingerprint density at radius 1 is 0.857 bits per heavy atom. The molecule has 4 nitrogen and oxygen atoms in total. The van der Waals surface area contributed by atoms with Crippen molar-refractivity contribution in [3.63, 3.8) is 0 Å². The summed E-state index contributed by atoms with van der Waals surface area (Å²) in [6, 6.07) is 0. The van der Waals surface area contributed by atoms with E-state index in [4.69, 9.17) is 0 Å². The predicted octanol–water partition coefficient (Wildman–Crippen LogP) is 4.44. The lowest BCUT2D eigenvalue weighted by molar-refractivity contribution is 0.190. The lowest BCUT2D eigenvalue weighted by Crippen LogP contribution is -2.21. The normalized spacial score (nSPS) is 12.3. The Balaban J connectivity index is 3.73. The zero-order valence-electron chi connectivity index (χ0n) is 13.9. The summed E-state index contributed by atoms with van der Waals surface area (Å²) in [6.07, 6.45) is 12.3. The first-order valence-electron chi connectivity index (χ1n) is 8.12. The van der Waals surface area contributed by atoms with Crippen LogP contribution in [0, 0.1) is 11.3 Å². The summed E-state index contributed by atoms with van der Waals surface area (Å²) in [5.41, 5.74) is 0.356. The summed E-state index contributed by atoms with van der Waals surface area (Å²) in [5.74, 6) is 0.678. The summed E-state index contributed by atoms with van der Waals surface area (Å²) in [6.45, 7) is 8.24. The molecule has 0 rings (SSSR count). The molecule has 0 aromatic carbocycles. The molecule has 0 bridgehead atoms. The third-order valence-electron chi connectivity index (χ3n) is 4.46. The van der Waals surface area contributed by atoms with E-state index in [0.29, 0.717) is 24.4 Å². The van der Waals surface area contributed by atoms with Crippen molar-refractivity contribution in [2.75, 3.05) is 13.1 Å². The fraction of sp³-hybridized carbons (Fsp3) is 0.882. The zero-order valence-corrected chi connectivity index (χ0v) is 13.9. The van der Waals surface area contributed by atoms with Crippen molar-refractivity contribution >= 4 is 12.2 Å². The number of rotatable bonds is 13. The van der Waals surface area contributed by atoms with E-state index in [1.807, 2.05) is 0 Å². The summed E-state index contributed by atoms with van der Waals surface area (Å²) < 4.78 is 0. The van der Waals surface area contributed by atoms with Gasteiger partial charge in [0.05, 0.1) is 13.1 Å². The van der Waals surface area contributed by atoms with Crippen LogP contribution in [0.25, 0.3) is 0 Å². The van der Waals surface area contributed by atoms with Crippen LogP contribution in [0.2, 0.25) is 0 Å². The van der Waals surface area contributed by atoms with Crippen molar-refractivity contribution < 1.29 is 9.59 Å². The maximum absolute atomic E-state index is 9.97. The second-order valence-corrected chi connectivity index (χ2v) is 6.50. The smallest absolute Gasteiger partial charge is 0.211 e. The van der Waals surface area contributed by atoms with Gasteiger partial charge in [-0.15, -0.1) is 0 Å². The minimum Gasteiger partial charge on any atom is -0.211 e. The first-order chi connectivity index (χ1) is 10.0. The molecule has 1 unspecified atom stereocenters. The van der Waals surface area contributed by atoms with E-state index in [1.54, 1.807) is 12.2 Å². The van der Waals surface area contributed by atoms with E-state index in [0.717, 1.165) is 25.7 Å². The van der Waals surface area contributed by atoms with Crippen LogP contribution >= 0.6 is 0 Å². The molecule has 4 heteroatoms. The second-order valence-electron chi connectivity index (χ2n) is 6.50. The van der Waals surface area contributed by atoms with E-state index >= 15 is 0 Å². The highest BCUT2D eigenvalue weighted by Crippen LogP contribution is 2.35. The minimum atomic E-state index is 0.356. The average molecular weight is 294 g/mol. The Kier molecular flexibility index (Phi) is 11.8. The Morgan fingerprint density at radius 2 is 1.38 bits per heavy atom. The molecule has 0 amide bonds. The first kappa shape index (κ1) is 19.8. The molecule has 0 radical (unpaired) electrons. The van der Waals surface area contributed by atoms with Crippen LogP contribution in [0.15, 0.2) is 9.98 Å². The van der Waals surface area contributed by atoms with E-state index in [1.165, 1.54) is 25.7 Å². The van der Waals surface area contributed by atoms with Crippen molar-refractivity contribution in [3.05, 3.63) is 0 Å². The molecule has 0 fully saturated rings. The molecular weight excluding hydrogens is 264 g/mol. The van der Waals surface area contributed by atoms with Gasteiger partial charge < -0.3 is 0 Å². The highest BCUT2D eigenvalue weighted by molar-refractivity contribution is 5.32. The van der Waals surface area contributed by atoms with Crippen molar-refractivity contribution in [1.29, 1.82) is 0 Å². The van der Waals surface area contributed by atoms with E-state index < -0.39 is 0 Å². The van der Waals surface area contributed by atoms with Crippen LogP contribution in [0.4, 0.5) is 0 Å². The Hall–Kier alpha value is -1.24. The molecule has 1 atom stereocenters. The Labute approximate surface area is 129 Å². The molecule has 0 saturated carbocycles. The Morgan fingerprint density at radius 3 is 1.95 bits per heavy atom.